The molecule has 2 unspecified atom stereocenters. The van der Waals surface area contributed by atoms with Gasteiger partial charge in [-0.3, -0.25) is 0 Å². The first-order chi connectivity index (χ1) is 8.94. The number of halogens is 3. The zero-order chi connectivity index (χ0) is 13.9. The summed E-state index contributed by atoms with van der Waals surface area (Å²) in [6.45, 7) is 3.09. The molecule has 1 saturated heterocycles. The maximum Gasteiger partial charge on any atom is 0.573 e. The third kappa shape index (κ3) is 4.42. The van der Waals surface area contributed by atoms with Crippen molar-refractivity contribution >= 4 is 0 Å². The summed E-state index contributed by atoms with van der Waals surface area (Å²) in [6, 6.07) is 6.59. The molecule has 2 rings (SSSR count). The normalized spacial score (nSPS) is 24.2. The molecular weight excluding hydrogens is 255 g/mol. The van der Waals surface area contributed by atoms with Crippen LogP contribution in [0.25, 0.3) is 0 Å². The fraction of sp³-hybridized carbons (Fsp3) is 0.571. The number of ether oxygens (including phenoxy) is 1. The quantitative estimate of drug-likeness (QED) is 0.910. The van der Waals surface area contributed by atoms with E-state index in [1.807, 2.05) is 0 Å². The van der Waals surface area contributed by atoms with Crippen molar-refractivity contribution in [1.29, 1.82) is 0 Å². The van der Waals surface area contributed by atoms with Crippen LogP contribution in [-0.2, 0) is 6.42 Å². The predicted octanol–water partition coefficient (Wildman–Crippen LogP) is 3.52. The van der Waals surface area contributed by atoms with Crippen LogP contribution in [0.1, 0.15) is 25.3 Å². The molecule has 0 bridgehead atoms. The van der Waals surface area contributed by atoms with Crippen molar-refractivity contribution in [2.45, 2.75) is 38.6 Å². The van der Waals surface area contributed by atoms with E-state index in [4.69, 9.17) is 0 Å². The molecule has 0 aromatic heterocycles. The second kappa shape index (κ2) is 5.82. The number of rotatable bonds is 3. The summed E-state index contributed by atoms with van der Waals surface area (Å²) in [4.78, 5) is 0. The van der Waals surface area contributed by atoms with E-state index >= 15 is 0 Å². The third-order valence-corrected chi connectivity index (χ3v) is 3.43. The summed E-state index contributed by atoms with van der Waals surface area (Å²) < 4.78 is 41.0. The summed E-state index contributed by atoms with van der Waals surface area (Å²) in [5.74, 6) is 0.549. The van der Waals surface area contributed by atoms with E-state index in [1.165, 1.54) is 6.07 Å². The standard InChI is InChI=1S/C14H18F3NO/c1-10-6-7-12(18-9-10)8-11-4-2-3-5-13(11)19-14(15,16)17/h2-5,10,12,18H,6-9H2,1H3. The first kappa shape index (κ1) is 14.2. The first-order valence-corrected chi connectivity index (χ1v) is 6.51. The van der Waals surface area contributed by atoms with Crippen molar-refractivity contribution in [2.24, 2.45) is 5.92 Å². The Balaban J connectivity index is 2.03. The second-order valence-electron chi connectivity index (χ2n) is 5.15. The highest BCUT2D eigenvalue weighted by atomic mass is 19.4. The minimum Gasteiger partial charge on any atom is -0.406 e. The van der Waals surface area contributed by atoms with Gasteiger partial charge in [-0.1, -0.05) is 25.1 Å². The molecule has 106 valence electrons. The van der Waals surface area contributed by atoms with Gasteiger partial charge in [0.15, 0.2) is 0 Å². The highest BCUT2D eigenvalue weighted by Gasteiger charge is 2.32. The molecular formula is C14H18F3NO. The molecule has 1 heterocycles. The lowest BCUT2D eigenvalue weighted by Crippen LogP contribution is -2.39. The molecule has 1 aliphatic rings. The van der Waals surface area contributed by atoms with Gasteiger partial charge in [0.1, 0.15) is 5.75 Å². The second-order valence-corrected chi connectivity index (χ2v) is 5.15. The summed E-state index contributed by atoms with van der Waals surface area (Å²) in [5, 5.41) is 3.37. The minimum absolute atomic E-state index is 0.0876. The number of hydrogen-bond donors (Lipinski definition) is 1. The Morgan fingerprint density at radius 3 is 2.63 bits per heavy atom. The number of alkyl halides is 3. The van der Waals surface area contributed by atoms with E-state index in [2.05, 4.69) is 17.0 Å². The van der Waals surface area contributed by atoms with Crippen molar-refractivity contribution in [3.05, 3.63) is 29.8 Å². The highest BCUT2D eigenvalue weighted by Crippen LogP contribution is 2.28. The van der Waals surface area contributed by atoms with E-state index in [0.29, 0.717) is 17.9 Å². The summed E-state index contributed by atoms with van der Waals surface area (Å²) in [7, 11) is 0. The van der Waals surface area contributed by atoms with Gasteiger partial charge in [0.2, 0.25) is 0 Å². The number of hydrogen-bond acceptors (Lipinski definition) is 2. The van der Waals surface area contributed by atoms with Crippen LogP contribution >= 0.6 is 0 Å². The lowest BCUT2D eigenvalue weighted by molar-refractivity contribution is -0.274. The van der Waals surface area contributed by atoms with E-state index in [0.717, 1.165) is 19.4 Å². The molecule has 1 aromatic rings. The summed E-state index contributed by atoms with van der Waals surface area (Å²) in [5.41, 5.74) is 0.604. The lowest BCUT2D eigenvalue weighted by atomic mass is 9.92. The molecule has 1 N–H and O–H groups in total. The topological polar surface area (TPSA) is 21.3 Å². The van der Waals surface area contributed by atoms with Gasteiger partial charge < -0.3 is 10.1 Å². The van der Waals surface area contributed by atoms with Gasteiger partial charge in [-0.05, 0) is 43.4 Å². The van der Waals surface area contributed by atoms with Gasteiger partial charge in [0.25, 0.3) is 0 Å². The molecule has 0 spiro atoms. The van der Waals surface area contributed by atoms with Crippen LogP contribution in [0.15, 0.2) is 24.3 Å². The molecule has 19 heavy (non-hydrogen) atoms. The molecule has 1 fully saturated rings. The van der Waals surface area contributed by atoms with Crippen molar-refractivity contribution in [3.63, 3.8) is 0 Å². The Bertz CT molecular complexity index is 411. The average Bonchev–Trinajstić information content (AvgIpc) is 2.33. The predicted molar refractivity (Wildman–Crippen MR) is 67.0 cm³/mol. The Labute approximate surface area is 111 Å². The van der Waals surface area contributed by atoms with Crippen LogP contribution in [0, 0.1) is 5.92 Å². The van der Waals surface area contributed by atoms with Gasteiger partial charge >= 0.3 is 6.36 Å². The fourth-order valence-corrected chi connectivity index (χ4v) is 2.39. The van der Waals surface area contributed by atoms with Crippen molar-refractivity contribution in [1.82, 2.24) is 5.32 Å². The Morgan fingerprint density at radius 1 is 1.26 bits per heavy atom. The highest BCUT2D eigenvalue weighted by molar-refractivity contribution is 5.34. The minimum atomic E-state index is -4.63. The van der Waals surface area contributed by atoms with E-state index in [-0.39, 0.29) is 11.8 Å². The Morgan fingerprint density at radius 2 is 2.00 bits per heavy atom. The maximum atomic E-state index is 12.3. The van der Waals surface area contributed by atoms with Gasteiger partial charge in [-0.2, -0.15) is 0 Å². The van der Waals surface area contributed by atoms with Crippen molar-refractivity contribution in [2.75, 3.05) is 6.54 Å². The molecule has 1 aliphatic heterocycles. The van der Waals surface area contributed by atoms with E-state index < -0.39 is 6.36 Å². The number of nitrogens with one attached hydrogen (secondary N) is 1. The van der Waals surface area contributed by atoms with Crippen LogP contribution in [0.5, 0.6) is 5.75 Å². The van der Waals surface area contributed by atoms with Gasteiger partial charge in [0, 0.05) is 6.04 Å². The molecule has 2 atom stereocenters. The van der Waals surface area contributed by atoms with Gasteiger partial charge in [-0.15, -0.1) is 13.2 Å². The van der Waals surface area contributed by atoms with Crippen LogP contribution in [-0.4, -0.2) is 18.9 Å². The Hall–Kier alpha value is -1.23. The number of piperidine rings is 1. The largest absolute Gasteiger partial charge is 0.573 e. The maximum absolute atomic E-state index is 12.3. The molecule has 5 heteroatoms. The summed E-state index contributed by atoms with van der Waals surface area (Å²) in [6.07, 6.45) is -1.97. The molecule has 1 aromatic carbocycles. The lowest BCUT2D eigenvalue weighted by Gasteiger charge is -2.28. The van der Waals surface area contributed by atoms with Gasteiger partial charge in [0.05, 0.1) is 0 Å². The summed E-state index contributed by atoms with van der Waals surface area (Å²) >= 11 is 0. The van der Waals surface area contributed by atoms with Crippen molar-refractivity contribution < 1.29 is 17.9 Å². The van der Waals surface area contributed by atoms with E-state index in [1.54, 1.807) is 18.2 Å². The van der Waals surface area contributed by atoms with Gasteiger partial charge in [-0.25, -0.2) is 0 Å². The Kier molecular flexibility index (Phi) is 4.34. The molecule has 0 radical (unpaired) electrons. The molecule has 0 saturated carbocycles. The number of benzene rings is 1. The zero-order valence-corrected chi connectivity index (χ0v) is 10.8. The zero-order valence-electron chi connectivity index (χ0n) is 10.8. The van der Waals surface area contributed by atoms with Crippen LogP contribution in [0.4, 0.5) is 13.2 Å². The van der Waals surface area contributed by atoms with Crippen LogP contribution < -0.4 is 10.1 Å². The van der Waals surface area contributed by atoms with Crippen LogP contribution in [0.2, 0.25) is 0 Å². The number of para-hydroxylation sites is 1. The fourth-order valence-electron chi connectivity index (χ4n) is 2.39. The molecule has 0 amide bonds. The van der Waals surface area contributed by atoms with Crippen molar-refractivity contribution in [3.8, 4) is 5.75 Å². The van der Waals surface area contributed by atoms with Crippen LogP contribution in [0.3, 0.4) is 0 Å². The molecule has 0 aliphatic carbocycles. The molecule has 2 nitrogen and oxygen atoms in total. The first-order valence-electron chi connectivity index (χ1n) is 6.51. The van der Waals surface area contributed by atoms with E-state index in [9.17, 15) is 13.2 Å². The SMILES string of the molecule is CC1CCC(Cc2ccccc2OC(F)(F)F)NC1. The third-order valence-electron chi connectivity index (χ3n) is 3.43. The smallest absolute Gasteiger partial charge is 0.406 e. The monoisotopic (exact) mass is 273 g/mol. The average molecular weight is 273 g/mol.